The molecule has 0 saturated carbocycles. The van der Waals surface area contributed by atoms with Crippen molar-refractivity contribution < 1.29 is 58.9 Å². The van der Waals surface area contributed by atoms with Crippen LogP contribution in [-0.2, 0) is 21.7 Å². The third kappa shape index (κ3) is 6.11. The van der Waals surface area contributed by atoms with E-state index in [4.69, 9.17) is 0 Å². The number of hydrogen-bond acceptors (Lipinski definition) is 0. The van der Waals surface area contributed by atoms with Crippen LogP contribution in [0.3, 0.4) is 0 Å². The maximum absolute atomic E-state index is 2.44. The SMILES string of the molecule is CCC(C)c1cc[c-]([Si](C)(C)c2ccccc2)c1.[Cl-].[Cl-].[Cl-].[Ti+4]. The van der Waals surface area contributed by atoms with E-state index in [1.807, 2.05) is 0 Å². The predicted molar refractivity (Wildman–Crippen MR) is 83.9 cm³/mol. The van der Waals surface area contributed by atoms with Crippen LogP contribution in [0.4, 0.5) is 0 Å². The largest absolute Gasteiger partial charge is 4.00 e. The third-order valence-corrected chi connectivity index (χ3v) is 7.71. The van der Waals surface area contributed by atoms with Crippen LogP contribution >= 0.6 is 0 Å². The van der Waals surface area contributed by atoms with Crippen molar-refractivity contribution in [2.45, 2.75) is 39.3 Å². The first kappa shape index (κ1) is 27.2. The fraction of sp³-hybridized carbons (Fsp3) is 0.353. The molecule has 1 unspecified atom stereocenters. The van der Waals surface area contributed by atoms with Crippen LogP contribution < -0.4 is 47.6 Å². The molecular weight excluding hydrogens is 386 g/mol. The van der Waals surface area contributed by atoms with Crippen molar-refractivity contribution in [1.82, 2.24) is 0 Å². The number of benzene rings is 1. The molecule has 1 atom stereocenters. The molecule has 120 valence electrons. The molecule has 0 aliphatic heterocycles. The Labute approximate surface area is 170 Å². The minimum atomic E-state index is -1.49. The van der Waals surface area contributed by atoms with Gasteiger partial charge in [0.1, 0.15) is 0 Å². The van der Waals surface area contributed by atoms with E-state index in [2.05, 4.69) is 75.5 Å². The Balaban J connectivity index is -0.000000902. The van der Waals surface area contributed by atoms with Crippen LogP contribution in [0.1, 0.15) is 31.7 Å². The van der Waals surface area contributed by atoms with Gasteiger partial charge in [0, 0.05) is 0 Å². The summed E-state index contributed by atoms with van der Waals surface area (Å²) in [6.07, 6.45) is 1.22. The van der Waals surface area contributed by atoms with Crippen molar-refractivity contribution in [3.05, 3.63) is 54.1 Å². The molecule has 0 aliphatic carbocycles. The molecule has 2 aromatic rings. The molecule has 0 fully saturated rings. The van der Waals surface area contributed by atoms with Gasteiger partial charge in [0.25, 0.3) is 0 Å². The summed E-state index contributed by atoms with van der Waals surface area (Å²) in [6, 6.07) is 18.1. The topological polar surface area (TPSA) is 0 Å². The maximum Gasteiger partial charge on any atom is 4.00 e. The van der Waals surface area contributed by atoms with Gasteiger partial charge in [0.05, 0.1) is 8.07 Å². The molecule has 0 radical (unpaired) electrons. The Morgan fingerprint density at radius 2 is 1.55 bits per heavy atom. The second-order valence-electron chi connectivity index (χ2n) is 5.73. The van der Waals surface area contributed by atoms with E-state index >= 15 is 0 Å². The minimum Gasteiger partial charge on any atom is -1.00 e. The van der Waals surface area contributed by atoms with E-state index in [0.29, 0.717) is 5.92 Å². The minimum absolute atomic E-state index is 0. The molecule has 0 N–H and O–H groups in total. The molecule has 2 aromatic carbocycles. The standard InChI is InChI=1S/C17H23Si.3ClH.Ti/c1-5-14(2)15-11-12-17(13-15)18(3,4)16-9-7-6-8-10-16;;;;/h6-14H,5H2,1-4H3;3*1H;/q-1;;;;+4/p-3. The molecule has 0 saturated heterocycles. The van der Waals surface area contributed by atoms with E-state index in [1.54, 1.807) is 5.19 Å². The summed E-state index contributed by atoms with van der Waals surface area (Å²) in [6.45, 7) is 9.46. The summed E-state index contributed by atoms with van der Waals surface area (Å²) in [4.78, 5) is 0. The van der Waals surface area contributed by atoms with E-state index in [9.17, 15) is 0 Å². The first-order chi connectivity index (χ1) is 8.55. The van der Waals surface area contributed by atoms with Gasteiger partial charge in [-0.05, 0) is 0 Å². The molecule has 22 heavy (non-hydrogen) atoms. The Hall–Kier alpha value is 0.371. The normalized spacial score (nSPS) is 11.1. The maximum atomic E-state index is 2.44. The Kier molecular flexibility index (Phi) is 14.7. The van der Waals surface area contributed by atoms with E-state index in [0.717, 1.165) is 0 Å². The van der Waals surface area contributed by atoms with Crippen molar-refractivity contribution in [1.29, 1.82) is 0 Å². The molecule has 0 aromatic heterocycles. The number of rotatable bonds is 4. The summed E-state index contributed by atoms with van der Waals surface area (Å²) < 4.78 is 0. The van der Waals surface area contributed by atoms with Crippen LogP contribution in [0.15, 0.2) is 48.5 Å². The van der Waals surface area contributed by atoms with Gasteiger partial charge in [-0.25, -0.2) is 6.07 Å². The Morgan fingerprint density at radius 1 is 1.00 bits per heavy atom. The second-order valence-corrected chi connectivity index (χ2v) is 10.1. The molecule has 5 heteroatoms. The van der Waals surface area contributed by atoms with Gasteiger partial charge in [-0.15, -0.1) is 0 Å². The van der Waals surface area contributed by atoms with Crippen molar-refractivity contribution in [3.8, 4) is 0 Å². The molecule has 0 spiro atoms. The van der Waals surface area contributed by atoms with E-state index < -0.39 is 8.07 Å². The van der Waals surface area contributed by atoms with Gasteiger partial charge < -0.3 is 37.2 Å². The average molecular weight is 410 g/mol. The average Bonchev–Trinajstić information content (AvgIpc) is 2.89. The predicted octanol–water partition coefficient (Wildman–Crippen LogP) is -5.25. The Morgan fingerprint density at radius 3 is 2.05 bits per heavy atom. The molecule has 0 aliphatic rings. The van der Waals surface area contributed by atoms with Gasteiger partial charge in [0.2, 0.25) is 0 Å². The molecule has 2 rings (SSSR count). The van der Waals surface area contributed by atoms with Gasteiger partial charge in [-0.1, -0.05) is 74.8 Å². The number of hydrogen-bond donors (Lipinski definition) is 0. The summed E-state index contributed by atoms with van der Waals surface area (Å²) in [5.41, 5.74) is 1.50. The molecular formula is C17H23Cl3SiTi. The second kappa shape index (κ2) is 11.8. The van der Waals surface area contributed by atoms with Crippen LogP contribution in [0.2, 0.25) is 13.1 Å². The summed E-state index contributed by atoms with van der Waals surface area (Å²) >= 11 is 0. The smallest absolute Gasteiger partial charge is 1.00 e. The van der Waals surface area contributed by atoms with Gasteiger partial charge in [0.15, 0.2) is 0 Å². The van der Waals surface area contributed by atoms with E-state index in [-0.39, 0.29) is 58.9 Å². The fourth-order valence-electron chi connectivity index (χ4n) is 2.41. The molecule has 0 amide bonds. The monoisotopic (exact) mass is 408 g/mol. The molecule has 0 bridgehead atoms. The summed E-state index contributed by atoms with van der Waals surface area (Å²) in [5, 5.41) is 3.08. The van der Waals surface area contributed by atoms with Gasteiger partial charge in [-0.3, -0.25) is 0 Å². The first-order valence-corrected chi connectivity index (χ1v) is 9.88. The zero-order chi connectivity index (χ0) is 13.2. The third-order valence-electron chi connectivity index (χ3n) is 4.18. The van der Waals surface area contributed by atoms with E-state index in [1.165, 1.54) is 17.2 Å². The Bertz CT molecular complexity index is 512. The zero-order valence-corrected chi connectivity index (χ0v) is 18.4. The van der Waals surface area contributed by atoms with Crippen molar-refractivity contribution >= 4 is 18.4 Å². The zero-order valence-electron chi connectivity index (χ0n) is 13.5. The van der Waals surface area contributed by atoms with Crippen LogP contribution in [-0.4, -0.2) is 8.07 Å². The van der Waals surface area contributed by atoms with Crippen LogP contribution in [0.25, 0.3) is 0 Å². The molecule has 0 nitrogen and oxygen atoms in total. The van der Waals surface area contributed by atoms with Crippen molar-refractivity contribution in [2.75, 3.05) is 0 Å². The quantitative estimate of drug-likeness (QED) is 0.350. The summed E-state index contributed by atoms with van der Waals surface area (Å²) in [5.74, 6) is 0.680. The van der Waals surface area contributed by atoms with Crippen molar-refractivity contribution in [2.24, 2.45) is 0 Å². The first-order valence-electron chi connectivity index (χ1n) is 6.88. The summed E-state index contributed by atoms with van der Waals surface area (Å²) in [7, 11) is -1.49. The van der Waals surface area contributed by atoms with Crippen LogP contribution in [0.5, 0.6) is 0 Å². The number of halogens is 3. The van der Waals surface area contributed by atoms with Crippen LogP contribution in [0, 0.1) is 0 Å². The van der Waals surface area contributed by atoms with Crippen molar-refractivity contribution in [3.63, 3.8) is 0 Å². The fourth-order valence-corrected chi connectivity index (χ4v) is 4.80. The van der Waals surface area contributed by atoms with Gasteiger partial charge in [-0.2, -0.15) is 22.9 Å². The molecule has 0 heterocycles. The van der Waals surface area contributed by atoms with Gasteiger partial charge >= 0.3 is 21.7 Å².